The molecule has 4 unspecified atom stereocenters. The Hall–Kier alpha value is -5.02. The summed E-state index contributed by atoms with van der Waals surface area (Å²) in [5.74, 6) is -2.06. The molecule has 2 fully saturated rings. The molecule has 0 radical (unpaired) electrons. The van der Waals surface area contributed by atoms with Crippen molar-refractivity contribution >= 4 is 46.0 Å². The minimum Gasteiger partial charge on any atom is -0.504 e. The van der Waals surface area contributed by atoms with E-state index in [-0.39, 0.29) is 55.3 Å². The maximum absolute atomic E-state index is 14.2. The van der Waals surface area contributed by atoms with Crippen molar-refractivity contribution in [1.82, 2.24) is 28.4 Å². The quantitative estimate of drug-likeness (QED) is 0.160. The van der Waals surface area contributed by atoms with Crippen molar-refractivity contribution in [1.29, 1.82) is 0 Å². The number of fused-ring (bicyclic) bond motifs is 5. The standard InChI is InChI=1S/C34H34Cl2N6O9/c1-6-51-23-9-7-8-18(27(23)43)26-17-10-13-41-31(47)40(32(48)42(41)22(17)16-33(35)29(45)39(3)30(46)34(26,33)36)12-11-19-28(44)38(2)21-15-25(50-5)24(49-4)14-20(21)37-19/h7-10,14-15,22,26,43H,6,11-13,16H2,1-5H3. The second-order valence-corrected chi connectivity index (χ2v) is 13.9. The maximum Gasteiger partial charge on any atom is 0.347 e. The molecule has 1 N–H and O–H groups in total. The highest BCUT2D eigenvalue weighted by Crippen LogP contribution is 2.64. The van der Waals surface area contributed by atoms with Gasteiger partial charge in [0, 0.05) is 57.1 Å². The number of ether oxygens (including phenoxy) is 3. The number of allylic oxidation sites excluding steroid dienone is 2. The summed E-state index contributed by atoms with van der Waals surface area (Å²) in [4.78, 5) is 70.1. The van der Waals surface area contributed by atoms with Gasteiger partial charge in [-0.15, -0.1) is 23.2 Å². The van der Waals surface area contributed by atoms with E-state index in [9.17, 15) is 29.1 Å². The Kier molecular flexibility index (Phi) is 8.13. The number of carbonyl (C=O) groups excluding carboxylic acids is 2. The number of alkyl halides is 2. The smallest absolute Gasteiger partial charge is 0.347 e. The van der Waals surface area contributed by atoms with Gasteiger partial charge >= 0.3 is 11.4 Å². The number of carbonyl (C=O) groups is 2. The van der Waals surface area contributed by atoms with Gasteiger partial charge in [0.15, 0.2) is 32.7 Å². The molecule has 17 heteroatoms. The number of phenols is 1. The molecule has 15 nitrogen and oxygen atoms in total. The number of hydrogen-bond acceptors (Lipinski definition) is 10. The van der Waals surface area contributed by atoms with Crippen molar-refractivity contribution < 1.29 is 28.9 Å². The number of hydrogen-bond donors (Lipinski definition) is 1. The van der Waals surface area contributed by atoms with Crippen LogP contribution >= 0.6 is 23.2 Å². The van der Waals surface area contributed by atoms with Crippen molar-refractivity contribution in [3.63, 3.8) is 0 Å². The zero-order valence-corrected chi connectivity index (χ0v) is 29.8. The summed E-state index contributed by atoms with van der Waals surface area (Å²) in [7, 11) is 5.82. The van der Waals surface area contributed by atoms with Crippen LogP contribution in [0.1, 0.15) is 36.6 Å². The molecule has 0 bridgehead atoms. The van der Waals surface area contributed by atoms with Gasteiger partial charge in [-0.2, -0.15) is 0 Å². The van der Waals surface area contributed by atoms with Crippen molar-refractivity contribution in [2.45, 2.75) is 54.6 Å². The number of aromatic hydroxyl groups is 1. The molecule has 2 aromatic carbocycles. The lowest BCUT2D eigenvalue weighted by Crippen LogP contribution is -2.59. The normalized spacial score (nSPS) is 23.9. The second kappa shape index (κ2) is 12.0. The van der Waals surface area contributed by atoms with Crippen LogP contribution in [0.25, 0.3) is 11.0 Å². The highest BCUT2D eigenvalue weighted by Gasteiger charge is 2.75. The fourth-order valence-electron chi connectivity index (χ4n) is 7.72. The molecule has 51 heavy (non-hydrogen) atoms. The van der Waals surface area contributed by atoms with Crippen LogP contribution in [0, 0.1) is 0 Å². The fourth-order valence-corrected chi connectivity index (χ4v) is 8.72. The molecule has 1 saturated heterocycles. The van der Waals surface area contributed by atoms with Crippen molar-refractivity contribution in [2.75, 3.05) is 27.9 Å². The highest BCUT2D eigenvalue weighted by molar-refractivity contribution is 6.53. The molecule has 3 aliphatic rings. The first-order chi connectivity index (χ1) is 24.2. The molecule has 2 aliphatic heterocycles. The fraction of sp³-hybridized carbons (Fsp3) is 0.412. The first kappa shape index (κ1) is 34.4. The van der Waals surface area contributed by atoms with Crippen LogP contribution in [-0.2, 0) is 36.1 Å². The third kappa shape index (κ3) is 4.63. The summed E-state index contributed by atoms with van der Waals surface area (Å²) in [5.41, 5.74) is -0.148. The molecule has 0 spiro atoms. The summed E-state index contributed by atoms with van der Waals surface area (Å²) in [6.45, 7) is 1.69. The molecule has 4 aromatic rings. The molecule has 4 atom stereocenters. The number of benzene rings is 2. The number of likely N-dealkylation sites (tertiary alicyclic amines) is 1. The van der Waals surface area contributed by atoms with Gasteiger partial charge < -0.3 is 23.9 Å². The van der Waals surface area contributed by atoms with Gasteiger partial charge in [0.25, 0.3) is 17.4 Å². The summed E-state index contributed by atoms with van der Waals surface area (Å²) in [5, 5.41) is 11.4. The number of methoxy groups -OCH3 is 2. The number of para-hydroxylation sites is 1. The van der Waals surface area contributed by atoms with Crippen molar-refractivity contribution in [3.8, 4) is 23.0 Å². The Balaban J connectivity index is 1.32. The van der Waals surface area contributed by atoms with Crippen LogP contribution < -0.4 is 31.1 Å². The Morgan fingerprint density at radius 1 is 0.980 bits per heavy atom. The van der Waals surface area contributed by atoms with Gasteiger partial charge in [-0.3, -0.25) is 19.3 Å². The molecule has 268 valence electrons. The Morgan fingerprint density at radius 3 is 2.37 bits per heavy atom. The Bertz CT molecular complexity index is 2380. The van der Waals surface area contributed by atoms with E-state index < -0.39 is 50.5 Å². The number of aryl methyl sites for hydroxylation is 2. The van der Waals surface area contributed by atoms with E-state index in [2.05, 4.69) is 4.98 Å². The lowest BCUT2D eigenvalue weighted by Gasteiger charge is -2.49. The van der Waals surface area contributed by atoms with E-state index in [1.54, 1.807) is 50.4 Å². The SMILES string of the molecule is CCOc1cccc(C2C3=CCn4c(=O)n(CCc5nc6cc(OC)c(OC)cc6n(C)c5=O)c(=O)n4C3CC3(Cl)C(=O)N(C)C(=O)C23Cl)c1O. The third-order valence-electron chi connectivity index (χ3n) is 10.2. The number of rotatable bonds is 8. The molecular formula is C34H34Cl2N6O9. The van der Waals surface area contributed by atoms with Crippen LogP contribution in [0.3, 0.4) is 0 Å². The Labute approximate surface area is 299 Å². The van der Waals surface area contributed by atoms with Gasteiger partial charge in [0.05, 0.1) is 44.4 Å². The molecule has 2 aromatic heterocycles. The number of amides is 2. The van der Waals surface area contributed by atoms with E-state index in [0.717, 1.165) is 9.47 Å². The average molecular weight is 742 g/mol. The zero-order chi connectivity index (χ0) is 36.7. The summed E-state index contributed by atoms with van der Waals surface area (Å²) in [6.07, 6.45) is 1.30. The van der Waals surface area contributed by atoms with Crippen LogP contribution in [0.4, 0.5) is 0 Å². The lowest BCUT2D eigenvalue weighted by atomic mass is 9.64. The zero-order valence-electron chi connectivity index (χ0n) is 28.3. The average Bonchev–Trinajstić information content (AvgIpc) is 3.44. The first-order valence-corrected chi connectivity index (χ1v) is 16.9. The predicted octanol–water partition coefficient (Wildman–Crippen LogP) is 2.05. The van der Waals surface area contributed by atoms with Crippen molar-refractivity contribution in [3.05, 3.63) is 84.6 Å². The number of halogens is 2. The van der Waals surface area contributed by atoms with E-state index >= 15 is 0 Å². The molecule has 1 saturated carbocycles. The Morgan fingerprint density at radius 2 is 1.69 bits per heavy atom. The predicted molar refractivity (Wildman–Crippen MR) is 185 cm³/mol. The summed E-state index contributed by atoms with van der Waals surface area (Å²) in [6, 6.07) is 6.98. The lowest BCUT2D eigenvalue weighted by molar-refractivity contribution is -0.137. The second-order valence-electron chi connectivity index (χ2n) is 12.7. The monoisotopic (exact) mass is 740 g/mol. The molecule has 2 amide bonds. The number of nitrogens with zero attached hydrogens (tertiary/aromatic N) is 6. The largest absolute Gasteiger partial charge is 0.504 e. The van der Waals surface area contributed by atoms with Gasteiger partial charge in [-0.1, -0.05) is 18.2 Å². The number of phenolic OH excluding ortho intramolecular Hbond substituents is 1. The summed E-state index contributed by atoms with van der Waals surface area (Å²) >= 11 is 14.4. The first-order valence-electron chi connectivity index (χ1n) is 16.1. The van der Waals surface area contributed by atoms with Gasteiger partial charge in [-0.05, 0) is 18.6 Å². The van der Waals surface area contributed by atoms with E-state index in [1.807, 2.05) is 0 Å². The van der Waals surface area contributed by atoms with Gasteiger partial charge in [-0.25, -0.2) is 28.5 Å². The minimum absolute atomic E-state index is 0.0657. The van der Waals surface area contributed by atoms with Crippen molar-refractivity contribution in [2.24, 2.45) is 7.05 Å². The molecule has 4 heterocycles. The van der Waals surface area contributed by atoms with Gasteiger partial charge in [0.1, 0.15) is 5.69 Å². The number of imide groups is 1. The third-order valence-corrected chi connectivity index (χ3v) is 11.6. The number of aromatic nitrogens is 5. The van der Waals surface area contributed by atoms with Crippen LogP contribution in [0.15, 0.2) is 56.4 Å². The minimum atomic E-state index is -2.09. The van der Waals surface area contributed by atoms with Crippen LogP contribution in [0.5, 0.6) is 23.0 Å². The molecular weight excluding hydrogens is 707 g/mol. The van der Waals surface area contributed by atoms with Crippen LogP contribution in [-0.4, -0.2) is 82.9 Å². The van der Waals surface area contributed by atoms with Crippen LogP contribution in [0.2, 0.25) is 0 Å². The van der Waals surface area contributed by atoms with E-state index in [0.29, 0.717) is 28.1 Å². The molecule has 7 rings (SSSR count). The highest BCUT2D eigenvalue weighted by atomic mass is 35.5. The summed E-state index contributed by atoms with van der Waals surface area (Å²) < 4.78 is 21.2. The van der Waals surface area contributed by atoms with Gasteiger partial charge in [0.2, 0.25) is 0 Å². The topological polar surface area (TPSA) is 169 Å². The van der Waals surface area contributed by atoms with E-state index in [4.69, 9.17) is 37.4 Å². The van der Waals surface area contributed by atoms with E-state index in [1.165, 1.54) is 35.2 Å². The maximum atomic E-state index is 14.2. The molecule has 1 aliphatic carbocycles.